The van der Waals surface area contributed by atoms with E-state index in [2.05, 4.69) is 12.2 Å². The summed E-state index contributed by atoms with van der Waals surface area (Å²) in [6.45, 7) is 3.80. The van der Waals surface area contributed by atoms with Crippen LogP contribution in [0, 0.1) is 0 Å². The summed E-state index contributed by atoms with van der Waals surface area (Å²) < 4.78 is 25.2. The number of hydrogen-bond acceptors (Lipinski definition) is 3. The van der Waals surface area contributed by atoms with Crippen LogP contribution in [0.25, 0.3) is 0 Å². The summed E-state index contributed by atoms with van der Waals surface area (Å²) in [6.07, 6.45) is 5.45. The van der Waals surface area contributed by atoms with Gasteiger partial charge in [0, 0.05) is 18.1 Å². The molecule has 0 spiro atoms. The van der Waals surface area contributed by atoms with E-state index in [1.807, 2.05) is 0 Å². The van der Waals surface area contributed by atoms with E-state index in [0.717, 1.165) is 32.2 Å². The molecule has 0 bridgehead atoms. The molecule has 0 saturated carbocycles. The SMILES string of the molecule is C[C@]12CCCN[C@@H]1CCCN2S(C)(=O)=O. The minimum Gasteiger partial charge on any atom is -0.312 e. The van der Waals surface area contributed by atoms with Gasteiger partial charge >= 0.3 is 0 Å². The van der Waals surface area contributed by atoms with Gasteiger partial charge in [-0.25, -0.2) is 8.42 Å². The molecule has 2 aliphatic rings. The quantitative estimate of drug-likeness (QED) is 0.718. The van der Waals surface area contributed by atoms with E-state index < -0.39 is 10.0 Å². The van der Waals surface area contributed by atoms with E-state index in [1.165, 1.54) is 6.26 Å². The summed E-state index contributed by atoms with van der Waals surface area (Å²) in [7, 11) is -3.06. The molecule has 5 heteroatoms. The highest BCUT2D eigenvalue weighted by molar-refractivity contribution is 7.88. The zero-order valence-corrected chi connectivity index (χ0v) is 10.3. The van der Waals surface area contributed by atoms with Crippen LogP contribution in [-0.4, -0.2) is 43.6 Å². The Morgan fingerprint density at radius 1 is 1.40 bits per heavy atom. The standard InChI is InChI=1S/C10H20N2O2S/c1-10-6-4-7-11-9(10)5-3-8-12(10)15(2,13)14/h9,11H,3-8H2,1-2H3/t9-,10+/m1/s1. The van der Waals surface area contributed by atoms with Crippen molar-refractivity contribution in [1.82, 2.24) is 9.62 Å². The first-order valence-electron chi connectivity index (χ1n) is 5.66. The second-order valence-corrected chi connectivity index (χ2v) is 6.85. The number of hydrogen-bond donors (Lipinski definition) is 1. The van der Waals surface area contributed by atoms with Crippen molar-refractivity contribution in [2.24, 2.45) is 0 Å². The average molecular weight is 232 g/mol. The number of sulfonamides is 1. The highest BCUT2D eigenvalue weighted by Crippen LogP contribution is 2.36. The van der Waals surface area contributed by atoms with Crippen molar-refractivity contribution in [3.63, 3.8) is 0 Å². The molecule has 0 amide bonds. The van der Waals surface area contributed by atoms with Crippen LogP contribution >= 0.6 is 0 Å². The van der Waals surface area contributed by atoms with Gasteiger partial charge in [0.1, 0.15) is 0 Å². The third kappa shape index (κ3) is 1.92. The van der Waals surface area contributed by atoms with E-state index in [1.54, 1.807) is 4.31 Å². The van der Waals surface area contributed by atoms with Gasteiger partial charge in [-0.1, -0.05) is 0 Å². The molecule has 0 radical (unpaired) electrons. The van der Waals surface area contributed by atoms with E-state index >= 15 is 0 Å². The van der Waals surface area contributed by atoms with Crippen molar-refractivity contribution in [3.05, 3.63) is 0 Å². The minimum atomic E-state index is -3.06. The molecule has 88 valence electrons. The second-order valence-electron chi connectivity index (χ2n) is 4.94. The molecular weight excluding hydrogens is 212 g/mol. The Balaban J connectivity index is 2.31. The summed E-state index contributed by atoms with van der Waals surface area (Å²) >= 11 is 0. The van der Waals surface area contributed by atoms with Crippen molar-refractivity contribution in [2.45, 2.75) is 44.2 Å². The lowest BCUT2D eigenvalue weighted by Gasteiger charge is -2.51. The molecule has 2 heterocycles. The molecule has 2 aliphatic heterocycles. The fourth-order valence-corrected chi connectivity index (χ4v) is 4.50. The normalized spacial score (nSPS) is 38.7. The second kappa shape index (κ2) is 3.71. The molecule has 2 rings (SSSR count). The Labute approximate surface area is 92.1 Å². The summed E-state index contributed by atoms with van der Waals surface area (Å²) in [6, 6.07) is 0.342. The fraction of sp³-hybridized carbons (Fsp3) is 1.00. The third-order valence-corrected chi connectivity index (χ3v) is 5.23. The van der Waals surface area contributed by atoms with Crippen LogP contribution in [0.15, 0.2) is 0 Å². The molecule has 2 saturated heterocycles. The van der Waals surface area contributed by atoms with Crippen LogP contribution < -0.4 is 5.32 Å². The number of nitrogens with one attached hydrogen (secondary N) is 1. The molecule has 2 atom stereocenters. The first-order valence-corrected chi connectivity index (χ1v) is 7.51. The minimum absolute atomic E-state index is 0.190. The number of fused-ring (bicyclic) bond motifs is 1. The molecule has 15 heavy (non-hydrogen) atoms. The van der Waals surface area contributed by atoms with Gasteiger partial charge in [-0.3, -0.25) is 0 Å². The Morgan fingerprint density at radius 3 is 2.80 bits per heavy atom. The molecule has 0 aromatic rings. The van der Waals surface area contributed by atoms with E-state index in [4.69, 9.17) is 0 Å². The number of nitrogens with zero attached hydrogens (tertiary/aromatic N) is 1. The van der Waals surface area contributed by atoms with Crippen LogP contribution in [0.1, 0.15) is 32.6 Å². The topological polar surface area (TPSA) is 49.4 Å². The maximum absolute atomic E-state index is 11.7. The molecule has 0 aromatic carbocycles. The summed E-state index contributed by atoms with van der Waals surface area (Å²) in [5.74, 6) is 0. The van der Waals surface area contributed by atoms with Crippen LogP contribution in [0.3, 0.4) is 0 Å². The van der Waals surface area contributed by atoms with E-state index in [9.17, 15) is 8.42 Å². The van der Waals surface area contributed by atoms with E-state index in [-0.39, 0.29) is 5.54 Å². The van der Waals surface area contributed by atoms with Gasteiger partial charge < -0.3 is 5.32 Å². The zero-order chi connectivity index (χ0) is 11.1. The fourth-order valence-electron chi connectivity index (χ4n) is 3.07. The average Bonchev–Trinajstić information content (AvgIpc) is 2.14. The molecule has 1 N–H and O–H groups in total. The van der Waals surface area contributed by atoms with Crippen LogP contribution in [0.2, 0.25) is 0 Å². The molecular formula is C10H20N2O2S. The number of rotatable bonds is 1. The number of piperidine rings is 2. The summed E-state index contributed by atoms with van der Waals surface area (Å²) in [5.41, 5.74) is -0.190. The maximum Gasteiger partial charge on any atom is 0.211 e. The lowest BCUT2D eigenvalue weighted by atomic mass is 9.79. The van der Waals surface area contributed by atoms with E-state index in [0.29, 0.717) is 12.6 Å². The van der Waals surface area contributed by atoms with Crippen molar-refractivity contribution in [2.75, 3.05) is 19.3 Å². The van der Waals surface area contributed by atoms with Crippen LogP contribution in [0.4, 0.5) is 0 Å². The van der Waals surface area contributed by atoms with Gasteiger partial charge in [0.2, 0.25) is 10.0 Å². The lowest BCUT2D eigenvalue weighted by molar-refractivity contribution is 0.0717. The first kappa shape index (κ1) is 11.4. The Kier molecular flexibility index (Phi) is 2.81. The highest BCUT2D eigenvalue weighted by atomic mass is 32.2. The van der Waals surface area contributed by atoms with Gasteiger partial charge in [-0.05, 0) is 39.2 Å². The van der Waals surface area contributed by atoms with Gasteiger partial charge in [0.05, 0.1) is 6.26 Å². The Morgan fingerprint density at radius 2 is 2.13 bits per heavy atom. The molecule has 4 nitrogen and oxygen atoms in total. The van der Waals surface area contributed by atoms with Crippen molar-refractivity contribution >= 4 is 10.0 Å². The summed E-state index contributed by atoms with van der Waals surface area (Å²) in [5, 5.41) is 3.46. The predicted molar refractivity (Wildman–Crippen MR) is 60.2 cm³/mol. The summed E-state index contributed by atoms with van der Waals surface area (Å²) in [4.78, 5) is 0. The monoisotopic (exact) mass is 232 g/mol. The molecule has 2 fully saturated rings. The smallest absolute Gasteiger partial charge is 0.211 e. The van der Waals surface area contributed by atoms with Crippen molar-refractivity contribution in [1.29, 1.82) is 0 Å². The largest absolute Gasteiger partial charge is 0.312 e. The molecule has 0 aromatic heterocycles. The predicted octanol–water partition coefficient (Wildman–Crippen LogP) is 0.552. The van der Waals surface area contributed by atoms with Crippen molar-refractivity contribution in [3.8, 4) is 0 Å². The van der Waals surface area contributed by atoms with Gasteiger partial charge in [0.15, 0.2) is 0 Å². The molecule has 0 aliphatic carbocycles. The van der Waals surface area contributed by atoms with Gasteiger partial charge in [0.25, 0.3) is 0 Å². The maximum atomic E-state index is 11.7. The highest BCUT2D eigenvalue weighted by Gasteiger charge is 2.47. The zero-order valence-electron chi connectivity index (χ0n) is 9.49. The Hall–Kier alpha value is -0.130. The van der Waals surface area contributed by atoms with Crippen molar-refractivity contribution < 1.29 is 8.42 Å². The van der Waals surface area contributed by atoms with Gasteiger partial charge in [-0.2, -0.15) is 4.31 Å². The van der Waals surface area contributed by atoms with Crippen LogP contribution in [-0.2, 0) is 10.0 Å². The van der Waals surface area contributed by atoms with Crippen LogP contribution in [0.5, 0.6) is 0 Å². The first-order chi connectivity index (χ1) is 6.94. The lowest BCUT2D eigenvalue weighted by Crippen LogP contribution is -2.66. The van der Waals surface area contributed by atoms with Gasteiger partial charge in [-0.15, -0.1) is 0 Å². The molecule has 0 unspecified atom stereocenters. The Bertz CT molecular complexity index is 339. The third-order valence-electron chi connectivity index (χ3n) is 3.83.